The number of rotatable bonds is 3. The Kier molecular flexibility index (Phi) is 4.39. The lowest BCUT2D eigenvalue weighted by molar-refractivity contribution is 0.0741. The Bertz CT molecular complexity index is 995. The predicted octanol–water partition coefficient (Wildman–Crippen LogP) is 2.38. The highest BCUT2D eigenvalue weighted by atomic mass is 19.1. The molecule has 0 unspecified atom stereocenters. The molecule has 0 spiro atoms. The molecule has 1 saturated heterocycles. The van der Waals surface area contributed by atoms with Crippen molar-refractivity contribution >= 4 is 22.6 Å². The molecule has 0 atom stereocenters. The number of carbonyl (C=O) groups excluding carboxylic acids is 1. The number of piperazine rings is 1. The van der Waals surface area contributed by atoms with Gasteiger partial charge in [0.05, 0.1) is 19.5 Å². The quantitative estimate of drug-likeness (QED) is 0.767. The summed E-state index contributed by atoms with van der Waals surface area (Å²) < 4.78 is 18.7. The molecule has 27 heavy (non-hydrogen) atoms. The lowest BCUT2D eigenvalue weighted by Crippen LogP contribution is -2.49. The standard InChI is InChI=1S/C19H20FN5O2/c1-12-7-13(20)8-15-14(12)9-16(22-15)19(26)25-5-3-24(4-6-25)17-10-21-11-18(23-17)27-2/h7-11,22H,3-6H2,1-2H3. The number of aryl methyl sites for hydroxylation is 1. The van der Waals surface area contributed by atoms with Gasteiger partial charge in [0.15, 0.2) is 5.82 Å². The molecule has 1 aliphatic rings. The Balaban J connectivity index is 1.48. The number of benzene rings is 1. The molecule has 3 aromatic rings. The van der Waals surface area contributed by atoms with Crippen LogP contribution in [0.5, 0.6) is 5.88 Å². The van der Waals surface area contributed by atoms with Crippen LogP contribution in [0.4, 0.5) is 10.2 Å². The fraction of sp³-hybridized carbons (Fsp3) is 0.316. The van der Waals surface area contributed by atoms with Gasteiger partial charge in [-0.1, -0.05) is 0 Å². The number of methoxy groups -OCH3 is 1. The minimum absolute atomic E-state index is 0.0811. The molecule has 0 saturated carbocycles. The highest BCUT2D eigenvalue weighted by Crippen LogP contribution is 2.23. The van der Waals surface area contributed by atoms with Gasteiger partial charge in [-0.2, -0.15) is 4.98 Å². The maximum absolute atomic E-state index is 13.6. The summed E-state index contributed by atoms with van der Waals surface area (Å²) in [7, 11) is 1.55. The predicted molar refractivity (Wildman–Crippen MR) is 99.7 cm³/mol. The molecule has 0 radical (unpaired) electrons. The van der Waals surface area contributed by atoms with Crippen LogP contribution in [0.3, 0.4) is 0 Å². The molecule has 0 aliphatic carbocycles. The number of aromatic amines is 1. The van der Waals surface area contributed by atoms with Crippen molar-refractivity contribution in [2.45, 2.75) is 6.92 Å². The van der Waals surface area contributed by atoms with E-state index in [2.05, 4.69) is 19.9 Å². The molecule has 2 aromatic heterocycles. The molecule has 1 amide bonds. The number of ether oxygens (including phenoxy) is 1. The zero-order valence-electron chi connectivity index (χ0n) is 15.2. The van der Waals surface area contributed by atoms with E-state index in [1.54, 1.807) is 30.5 Å². The van der Waals surface area contributed by atoms with Crippen LogP contribution in [0.2, 0.25) is 0 Å². The number of halogens is 1. The van der Waals surface area contributed by atoms with Crippen molar-refractivity contribution in [3.8, 4) is 5.88 Å². The second-order valence-corrected chi connectivity index (χ2v) is 6.57. The average Bonchev–Trinajstić information content (AvgIpc) is 3.12. The molecular weight excluding hydrogens is 349 g/mol. The number of hydrogen-bond acceptors (Lipinski definition) is 5. The minimum atomic E-state index is -0.311. The molecule has 1 N–H and O–H groups in total. The zero-order valence-corrected chi connectivity index (χ0v) is 15.2. The summed E-state index contributed by atoms with van der Waals surface area (Å²) in [5.74, 6) is 0.807. The summed E-state index contributed by atoms with van der Waals surface area (Å²) in [5, 5.41) is 0.866. The Morgan fingerprint density at radius 3 is 2.70 bits per heavy atom. The van der Waals surface area contributed by atoms with E-state index < -0.39 is 0 Å². The molecule has 1 fully saturated rings. The molecule has 7 nitrogen and oxygen atoms in total. The lowest BCUT2D eigenvalue weighted by Gasteiger charge is -2.35. The first-order chi connectivity index (χ1) is 13.0. The van der Waals surface area contributed by atoms with E-state index in [1.807, 2.05) is 6.92 Å². The molecule has 3 heterocycles. The third-order valence-electron chi connectivity index (χ3n) is 4.84. The van der Waals surface area contributed by atoms with Gasteiger partial charge in [-0.25, -0.2) is 4.39 Å². The molecule has 0 bridgehead atoms. The summed E-state index contributed by atoms with van der Waals surface area (Å²) in [6.07, 6.45) is 3.25. The maximum atomic E-state index is 13.6. The Hall–Kier alpha value is -3.16. The van der Waals surface area contributed by atoms with Crippen LogP contribution in [0.1, 0.15) is 16.1 Å². The van der Waals surface area contributed by atoms with Crippen molar-refractivity contribution in [1.29, 1.82) is 0 Å². The molecule has 1 aliphatic heterocycles. The van der Waals surface area contributed by atoms with Crippen LogP contribution in [-0.2, 0) is 0 Å². The smallest absolute Gasteiger partial charge is 0.270 e. The van der Waals surface area contributed by atoms with Gasteiger partial charge in [0.25, 0.3) is 5.91 Å². The molecule has 140 valence electrons. The fourth-order valence-corrected chi connectivity index (χ4v) is 3.39. The minimum Gasteiger partial charge on any atom is -0.480 e. The van der Waals surface area contributed by atoms with Crippen LogP contribution in [0.15, 0.2) is 30.6 Å². The number of aromatic nitrogens is 3. The maximum Gasteiger partial charge on any atom is 0.270 e. The summed E-state index contributed by atoms with van der Waals surface area (Å²) in [6.45, 7) is 4.28. The van der Waals surface area contributed by atoms with Crippen molar-refractivity contribution in [3.05, 3.63) is 47.7 Å². The van der Waals surface area contributed by atoms with Crippen molar-refractivity contribution in [2.75, 3.05) is 38.2 Å². The first-order valence-corrected chi connectivity index (χ1v) is 8.74. The highest BCUT2D eigenvalue weighted by Gasteiger charge is 2.24. The number of nitrogens with zero attached hydrogens (tertiary/aromatic N) is 4. The number of H-pyrrole nitrogens is 1. The number of fused-ring (bicyclic) bond motifs is 1. The third-order valence-corrected chi connectivity index (χ3v) is 4.84. The SMILES string of the molecule is COc1cncc(N2CCN(C(=O)c3cc4c(C)cc(F)cc4[nH]3)CC2)n1. The largest absolute Gasteiger partial charge is 0.480 e. The molecule has 4 rings (SSSR count). The molecule has 1 aromatic carbocycles. The summed E-state index contributed by atoms with van der Waals surface area (Å²) in [6, 6.07) is 4.68. The van der Waals surface area contributed by atoms with Crippen LogP contribution in [0, 0.1) is 12.7 Å². The van der Waals surface area contributed by atoms with E-state index in [9.17, 15) is 9.18 Å². The normalized spacial score (nSPS) is 14.6. The average molecular weight is 369 g/mol. The second-order valence-electron chi connectivity index (χ2n) is 6.57. The first kappa shape index (κ1) is 17.3. The number of amides is 1. The number of anilines is 1. The molecular formula is C19H20FN5O2. The monoisotopic (exact) mass is 369 g/mol. The van der Waals surface area contributed by atoms with Gasteiger partial charge < -0.3 is 19.5 Å². The van der Waals surface area contributed by atoms with E-state index in [0.29, 0.717) is 43.3 Å². The second kappa shape index (κ2) is 6.86. The van der Waals surface area contributed by atoms with E-state index >= 15 is 0 Å². The Labute approximate surface area is 155 Å². The topological polar surface area (TPSA) is 74.3 Å². The lowest BCUT2D eigenvalue weighted by atomic mass is 10.1. The Morgan fingerprint density at radius 1 is 1.19 bits per heavy atom. The van der Waals surface area contributed by atoms with Crippen LogP contribution in [-0.4, -0.2) is 59.0 Å². The van der Waals surface area contributed by atoms with Gasteiger partial charge >= 0.3 is 0 Å². The van der Waals surface area contributed by atoms with Crippen molar-refractivity contribution in [3.63, 3.8) is 0 Å². The third kappa shape index (κ3) is 3.30. The van der Waals surface area contributed by atoms with Crippen LogP contribution in [0.25, 0.3) is 10.9 Å². The Morgan fingerprint density at radius 2 is 1.96 bits per heavy atom. The van der Waals surface area contributed by atoms with Gasteiger partial charge in [0.1, 0.15) is 11.5 Å². The van der Waals surface area contributed by atoms with Crippen molar-refractivity contribution in [2.24, 2.45) is 0 Å². The summed E-state index contributed by atoms with van der Waals surface area (Å²) in [4.78, 5) is 28.3. The van der Waals surface area contributed by atoms with Crippen molar-refractivity contribution in [1.82, 2.24) is 19.9 Å². The van der Waals surface area contributed by atoms with E-state index in [0.717, 1.165) is 16.8 Å². The van der Waals surface area contributed by atoms with Gasteiger partial charge in [-0.3, -0.25) is 9.78 Å². The number of carbonyl (C=O) groups is 1. The zero-order chi connectivity index (χ0) is 19.0. The van der Waals surface area contributed by atoms with Gasteiger partial charge in [0.2, 0.25) is 5.88 Å². The van der Waals surface area contributed by atoms with Crippen molar-refractivity contribution < 1.29 is 13.9 Å². The van der Waals surface area contributed by atoms with Crippen LogP contribution < -0.4 is 9.64 Å². The number of hydrogen-bond donors (Lipinski definition) is 1. The van der Waals surface area contributed by atoms with E-state index in [-0.39, 0.29) is 11.7 Å². The highest BCUT2D eigenvalue weighted by molar-refractivity contribution is 5.99. The fourth-order valence-electron chi connectivity index (χ4n) is 3.39. The molecule has 8 heteroatoms. The van der Waals surface area contributed by atoms with Gasteiger partial charge in [-0.15, -0.1) is 0 Å². The first-order valence-electron chi connectivity index (χ1n) is 8.74. The van der Waals surface area contributed by atoms with Gasteiger partial charge in [0, 0.05) is 37.1 Å². The van der Waals surface area contributed by atoms with Crippen LogP contribution >= 0.6 is 0 Å². The van der Waals surface area contributed by atoms with Gasteiger partial charge in [-0.05, 0) is 30.7 Å². The summed E-state index contributed by atoms with van der Waals surface area (Å²) in [5.41, 5.74) is 1.93. The summed E-state index contributed by atoms with van der Waals surface area (Å²) >= 11 is 0. The van der Waals surface area contributed by atoms with E-state index in [1.165, 1.54) is 12.1 Å². The van der Waals surface area contributed by atoms with E-state index in [4.69, 9.17) is 4.74 Å². The number of nitrogens with one attached hydrogen (secondary N) is 1.